The number of nitrogens with zero attached hydrogens (tertiary/aromatic N) is 2. The van der Waals surface area contributed by atoms with Gasteiger partial charge in [0, 0.05) is 6.54 Å². The monoisotopic (exact) mass is 290 g/mol. The van der Waals surface area contributed by atoms with Crippen LogP contribution in [0.15, 0.2) is 0 Å². The van der Waals surface area contributed by atoms with Gasteiger partial charge < -0.3 is 9.38 Å². The molecule has 0 bridgehead atoms. The third-order valence-corrected chi connectivity index (χ3v) is 2.01. The van der Waals surface area contributed by atoms with Crippen LogP contribution in [0.25, 0.3) is 0 Å². The molecule has 0 saturated heterocycles. The van der Waals surface area contributed by atoms with Crippen LogP contribution in [-0.2, 0) is 0 Å². The summed E-state index contributed by atoms with van der Waals surface area (Å²) in [6.07, 6.45) is 0. The number of hydrogen-bond acceptors (Lipinski definition) is 1. The van der Waals surface area contributed by atoms with Crippen molar-refractivity contribution in [1.29, 1.82) is 0 Å². The van der Waals surface area contributed by atoms with E-state index in [9.17, 15) is 25.2 Å². The summed E-state index contributed by atoms with van der Waals surface area (Å²) >= 11 is 0. The Labute approximate surface area is 98.0 Å². The van der Waals surface area contributed by atoms with Gasteiger partial charge in [0.2, 0.25) is 0 Å². The van der Waals surface area contributed by atoms with Crippen LogP contribution in [-0.4, -0.2) is 57.2 Å². The molecule has 0 atom stereocenters. The molecule has 2 nitrogen and oxygen atoms in total. The molecule has 17 heavy (non-hydrogen) atoms. The fraction of sp³-hybridized carbons (Fsp3) is 1.00. The van der Waals surface area contributed by atoms with E-state index in [0.717, 1.165) is 4.48 Å². The van der Waals surface area contributed by atoms with Gasteiger partial charge in [-0.2, -0.15) is 0 Å². The minimum atomic E-state index is -10.7. The quantitative estimate of drug-likeness (QED) is 0.429. The Morgan fingerprint density at radius 1 is 0.941 bits per heavy atom. The van der Waals surface area contributed by atoms with Gasteiger partial charge in [-0.05, 0) is 21.0 Å². The Bertz CT molecular complexity index is 220. The second-order valence-electron chi connectivity index (χ2n) is 4.74. The maximum absolute atomic E-state index is 10.7. The third-order valence-electron chi connectivity index (χ3n) is 2.01. The summed E-state index contributed by atoms with van der Waals surface area (Å²) in [5, 5.41) is 0. The molecule has 0 rings (SSSR count). The molecule has 0 spiro atoms. The summed E-state index contributed by atoms with van der Waals surface area (Å²) in [6.45, 7) is 5.87. The van der Waals surface area contributed by atoms with E-state index in [1.165, 1.54) is 19.6 Å². The molecule has 0 aromatic heterocycles. The van der Waals surface area contributed by atoms with Crippen LogP contribution in [0.5, 0.6) is 0 Å². The van der Waals surface area contributed by atoms with Gasteiger partial charge in [0.25, 0.3) is 0 Å². The SMILES string of the molecule is CC[N+](C)(C)CCN(C)C.F[P-](F)(F)(F)(F)F. The average Bonchev–Trinajstić information content (AvgIpc) is 1.95. The van der Waals surface area contributed by atoms with E-state index < -0.39 is 7.81 Å². The molecule has 0 radical (unpaired) electrons. The molecular weight excluding hydrogens is 269 g/mol. The van der Waals surface area contributed by atoms with Crippen molar-refractivity contribution in [3.8, 4) is 0 Å². The Hall–Kier alpha value is -0.0700. The summed E-state index contributed by atoms with van der Waals surface area (Å²) < 4.78 is 60.3. The molecule has 0 saturated carbocycles. The topological polar surface area (TPSA) is 3.24 Å². The standard InChI is InChI=1S/C8H21N2.F6P/c1-6-10(4,5)8-7-9(2)3;1-7(2,3,4,5)6/h6-8H2,1-5H3;/q+1;-1. The summed E-state index contributed by atoms with van der Waals surface area (Å²) in [5.74, 6) is 0. The zero-order valence-corrected chi connectivity index (χ0v) is 11.6. The Morgan fingerprint density at radius 3 is 1.41 bits per heavy atom. The van der Waals surface area contributed by atoms with E-state index in [4.69, 9.17) is 0 Å². The first-order valence-electron chi connectivity index (χ1n) is 4.96. The molecule has 110 valence electrons. The summed E-state index contributed by atoms with van der Waals surface area (Å²) in [6, 6.07) is 0. The van der Waals surface area contributed by atoms with Gasteiger partial charge in [0.05, 0.1) is 27.2 Å². The normalized spacial score (nSPS) is 16.9. The molecule has 0 aliphatic carbocycles. The first kappa shape index (κ1) is 19.3. The molecular formula is C8H21F6N2P. The zero-order chi connectivity index (χ0) is 14.6. The van der Waals surface area contributed by atoms with Gasteiger partial charge in [-0.1, -0.05) is 0 Å². The van der Waals surface area contributed by atoms with E-state index in [2.05, 4.69) is 40.0 Å². The first-order valence-corrected chi connectivity index (χ1v) is 6.99. The second kappa shape index (κ2) is 4.90. The summed E-state index contributed by atoms with van der Waals surface area (Å²) in [5.41, 5.74) is 0. The van der Waals surface area contributed by atoms with Crippen molar-refractivity contribution in [1.82, 2.24) is 4.90 Å². The number of rotatable bonds is 4. The zero-order valence-electron chi connectivity index (χ0n) is 10.7. The van der Waals surface area contributed by atoms with Crippen LogP contribution in [0.4, 0.5) is 25.2 Å². The number of likely N-dealkylation sites (N-methyl/N-ethyl adjacent to an activating group) is 2. The van der Waals surface area contributed by atoms with Crippen molar-refractivity contribution in [3.63, 3.8) is 0 Å². The molecule has 0 aliphatic heterocycles. The molecule has 0 aliphatic rings. The van der Waals surface area contributed by atoms with E-state index in [1.807, 2.05) is 0 Å². The molecule has 0 heterocycles. The van der Waals surface area contributed by atoms with Gasteiger partial charge >= 0.3 is 33.0 Å². The Balaban J connectivity index is 0. The van der Waals surface area contributed by atoms with Gasteiger partial charge in [0.1, 0.15) is 0 Å². The van der Waals surface area contributed by atoms with Crippen molar-refractivity contribution in [2.75, 3.05) is 47.8 Å². The van der Waals surface area contributed by atoms with Gasteiger partial charge in [0.15, 0.2) is 0 Å². The molecule has 0 aromatic rings. The van der Waals surface area contributed by atoms with Crippen LogP contribution in [0.1, 0.15) is 6.92 Å². The van der Waals surface area contributed by atoms with Crippen LogP contribution in [0.3, 0.4) is 0 Å². The fourth-order valence-corrected chi connectivity index (χ4v) is 0.629. The van der Waals surface area contributed by atoms with Crippen LogP contribution in [0.2, 0.25) is 0 Å². The van der Waals surface area contributed by atoms with Crippen LogP contribution in [0, 0.1) is 0 Å². The predicted molar refractivity (Wildman–Crippen MR) is 59.6 cm³/mol. The van der Waals surface area contributed by atoms with Crippen LogP contribution < -0.4 is 0 Å². The predicted octanol–water partition coefficient (Wildman–Crippen LogP) is 4.03. The van der Waals surface area contributed by atoms with Gasteiger partial charge in [-0.3, -0.25) is 0 Å². The van der Waals surface area contributed by atoms with Crippen molar-refractivity contribution in [2.24, 2.45) is 0 Å². The molecule has 0 aromatic carbocycles. The van der Waals surface area contributed by atoms with Crippen molar-refractivity contribution >= 4 is 7.81 Å². The molecule has 0 N–H and O–H groups in total. The van der Waals surface area contributed by atoms with Crippen LogP contribution >= 0.6 is 7.81 Å². The van der Waals surface area contributed by atoms with E-state index in [0.29, 0.717) is 0 Å². The van der Waals surface area contributed by atoms with Gasteiger partial charge in [-0.15, -0.1) is 0 Å². The van der Waals surface area contributed by atoms with E-state index in [-0.39, 0.29) is 0 Å². The summed E-state index contributed by atoms with van der Waals surface area (Å²) in [7, 11) is -1.88. The number of quaternary nitrogens is 1. The molecule has 0 unspecified atom stereocenters. The Kier molecular flexibility index (Phi) is 5.55. The second-order valence-corrected chi connectivity index (χ2v) is 6.65. The van der Waals surface area contributed by atoms with E-state index in [1.54, 1.807) is 0 Å². The minimum absolute atomic E-state index is 1.12. The Morgan fingerprint density at radius 2 is 1.24 bits per heavy atom. The maximum atomic E-state index is 9.87. The van der Waals surface area contributed by atoms with Crippen molar-refractivity contribution < 1.29 is 29.7 Å². The molecule has 0 fully saturated rings. The number of hydrogen-bond donors (Lipinski definition) is 0. The summed E-state index contributed by atoms with van der Waals surface area (Å²) in [4.78, 5) is 2.23. The average molecular weight is 290 g/mol. The first-order chi connectivity index (χ1) is 6.93. The van der Waals surface area contributed by atoms with E-state index >= 15 is 0 Å². The third kappa shape index (κ3) is 38.8. The fourth-order valence-electron chi connectivity index (χ4n) is 0.629. The number of halogens is 6. The molecule has 0 amide bonds. The molecule has 9 heteroatoms. The van der Waals surface area contributed by atoms with Crippen molar-refractivity contribution in [2.45, 2.75) is 6.92 Å². The van der Waals surface area contributed by atoms with Gasteiger partial charge in [-0.25, -0.2) is 0 Å². The van der Waals surface area contributed by atoms with Crippen molar-refractivity contribution in [3.05, 3.63) is 0 Å².